The fourth-order valence-corrected chi connectivity index (χ4v) is 6.05. The van der Waals surface area contributed by atoms with Gasteiger partial charge in [0.05, 0.1) is 11.0 Å². The van der Waals surface area contributed by atoms with E-state index >= 15 is 0 Å². The zero-order valence-electron chi connectivity index (χ0n) is 21.4. The average molecular weight is 493 g/mol. The summed E-state index contributed by atoms with van der Waals surface area (Å²) in [4.78, 5) is 19.7. The number of anilines is 1. The van der Waals surface area contributed by atoms with E-state index in [0.29, 0.717) is 17.8 Å². The number of imidazole rings is 2. The van der Waals surface area contributed by atoms with Crippen molar-refractivity contribution in [3.8, 4) is 22.6 Å². The second-order valence-electron chi connectivity index (χ2n) is 10.6. The standard InChI is InChI=1S/C29H32N8/c1-34-12-14-36(15-13-34)22-16-21(17-22)29-33-25(26-27(30)31-10-11-37(26)29)20-8-9-24-23(18-20)32-28(35(24)2)19-6-4-3-5-7-19/h3-11,18,21-22H,12-17H2,1-2H3,(H2,30,31). The van der Waals surface area contributed by atoms with E-state index in [-0.39, 0.29) is 0 Å². The minimum absolute atomic E-state index is 0.427. The molecule has 0 spiro atoms. The molecule has 0 bridgehead atoms. The number of hydrogen-bond donors (Lipinski definition) is 1. The summed E-state index contributed by atoms with van der Waals surface area (Å²) < 4.78 is 4.31. The highest BCUT2D eigenvalue weighted by Gasteiger charge is 2.38. The van der Waals surface area contributed by atoms with Gasteiger partial charge in [-0.25, -0.2) is 15.0 Å². The Kier molecular flexibility index (Phi) is 5.26. The molecule has 37 heavy (non-hydrogen) atoms. The first-order valence-electron chi connectivity index (χ1n) is 13.1. The van der Waals surface area contributed by atoms with Crippen molar-refractivity contribution in [1.29, 1.82) is 0 Å². The molecule has 8 nitrogen and oxygen atoms in total. The fraction of sp³-hybridized carbons (Fsp3) is 0.345. The number of piperazine rings is 1. The van der Waals surface area contributed by atoms with E-state index in [0.717, 1.165) is 84.0 Å². The SMILES string of the molecule is CN1CCN(C2CC(c3nc(-c4ccc5c(c4)nc(-c4ccccc4)n5C)c4c(N)nccn34)C2)CC1. The lowest BCUT2D eigenvalue weighted by Gasteiger charge is -2.45. The van der Waals surface area contributed by atoms with Gasteiger partial charge in [-0.3, -0.25) is 9.30 Å². The number of nitrogen functional groups attached to an aromatic ring is 1. The Morgan fingerprint density at radius 2 is 1.68 bits per heavy atom. The third-order valence-corrected chi connectivity index (χ3v) is 8.33. The van der Waals surface area contributed by atoms with Gasteiger partial charge < -0.3 is 15.2 Å². The summed E-state index contributed by atoms with van der Waals surface area (Å²) in [6.07, 6.45) is 6.07. The monoisotopic (exact) mass is 492 g/mol. The van der Waals surface area contributed by atoms with Gasteiger partial charge in [0.15, 0.2) is 0 Å². The van der Waals surface area contributed by atoms with Crippen molar-refractivity contribution in [2.45, 2.75) is 24.8 Å². The first-order chi connectivity index (χ1) is 18.1. The lowest BCUT2D eigenvalue weighted by atomic mass is 9.78. The second kappa shape index (κ2) is 8.68. The van der Waals surface area contributed by atoms with E-state index < -0.39 is 0 Å². The van der Waals surface area contributed by atoms with Crippen molar-refractivity contribution >= 4 is 22.4 Å². The van der Waals surface area contributed by atoms with E-state index in [9.17, 15) is 0 Å². The number of aromatic nitrogens is 5. The van der Waals surface area contributed by atoms with Gasteiger partial charge in [-0.2, -0.15) is 0 Å². The third kappa shape index (κ3) is 3.70. The predicted molar refractivity (Wildman–Crippen MR) is 147 cm³/mol. The maximum absolute atomic E-state index is 6.44. The van der Waals surface area contributed by atoms with Crippen molar-refractivity contribution in [3.63, 3.8) is 0 Å². The van der Waals surface area contributed by atoms with Gasteiger partial charge in [0.2, 0.25) is 0 Å². The predicted octanol–water partition coefficient (Wildman–Crippen LogP) is 4.03. The molecule has 2 aliphatic rings. The molecule has 1 saturated carbocycles. The van der Waals surface area contributed by atoms with E-state index in [4.69, 9.17) is 15.7 Å². The van der Waals surface area contributed by atoms with E-state index in [2.05, 4.69) is 68.2 Å². The highest BCUT2D eigenvalue weighted by molar-refractivity contribution is 5.91. The van der Waals surface area contributed by atoms with Crippen LogP contribution in [0, 0.1) is 0 Å². The quantitative estimate of drug-likeness (QED) is 0.408. The Morgan fingerprint density at radius 1 is 0.892 bits per heavy atom. The summed E-state index contributed by atoms with van der Waals surface area (Å²) in [6, 6.07) is 17.4. The van der Waals surface area contributed by atoms with E-state index in [1.54, 1.807) is 6.20 Å². The number of rotatable bonds is 4. The Balaban J connectivity index is 1.25. The normalized spacial score (nSPS) is 21.0. The van der Waals surface area contributed by atoms with Gasteiger partial charge in [0.25, 0.3) is 0 Å². The van der Waals surface area contributed by atoms with Gasteiger partial charge in [-0.05, 0) is 32.0 Å². The molecule has 1 aliphatic heterocycles. The van der Waals surface area contributed by atoms with Crippen LogP contribution in [-0.2, 0) is 7.05 Å². The van der Waals surface area contributed by atoms with Crippen LogP contribution in [0.5, 0.6) is 0 Å². The van der Waals surface area contributed by atoms with Crippen LogP contribution in [0.2, 0.25) is 0 Å². The largest absolute Gasteiger partial charge is 0.382 e. The summed E-state index contributed by atoms with van der Waals surface area (Å²) in [7, 11) is 4.28. The molecule has 7 rings (SSSR count). The summed E-state index contributed by atoms with van der Waals surface area (Å²) >= 11 is 0. The molecule has 2 fully saturated rings. The van der Waals surface area contributed by atoms with Gasteiger partial charge in [-0.1, -0.05) is 36.4 Å². The zero-order valence-corrected chi connectivity index (χ0v) is 21.4. The van der Waals surface area contributed by atoms with Crippen molar-refractivity contribution < 1.29 is 0 Å². The minimum Gasteiger partial charge on any atom is -0.382 e. The molecule has 0 amide bonds. The summed E-state index contributed by atoms with van der Waals surface area (Å²) in [5.41, 5.74) is 12.4. The molecule has 2 N–H and O–H groups in total. The van der Waals surface area contributed by atoms with Crippen LogP contribution in [0.3, 0.4) is 0 Å². The Hall–Kier alpha value is -3.75. The Morgan fingerprint density at radius 3 is 2.46 bits per heavy atom. The lowest BCUT2D eigenvalue weighted by Crippen LogP contribution is -2.52. The molecule has 8 heteroatoms. The highest BCUT2D eigenvalue weighted by Crippen LogP contribution is 2.42. The molecule has 4 heterocycles. The molecule has 2 aromatic carbocycles. The van der Waals surface area contributed by atoms with Crippen LogP contribution in [0.1, 0.15) is 24.6 Å². The summed E-state index contributed by atoms with van der Waals surface area (Å²) in [5, 5.41) is 0. The van der Waals surface area contributed by atoms with Crippen LogP contribution in [0.25, 0.3) is 39.2 Å². The third-order valence-electron chi connectivity index (χ3n) is 8.33. The number of likely N-dealkylation sites (N-methyl/N-ethyl adjacent to an activating group) is 1. The Bertz CT molecular complexity index is 1590. The van der Waals surface area contributed by atoms with Crippen LogP contribution < -0.4 is 5.73 Å². The van der Waals surface area contributed by atoms with E-state index in [1.165, 1.54) is 0 Å². The zero-order chi connectivity index (χ0) is 25.1. The number of aryl methyl sites for hydroxylation is 1. The van der Waals surface area contributed by atoms with Crippen LogP contribution >= 0.6 is 0 Å². The number of nitrogens with two attached hydrogens (primary N) is 1. The number of hydrogen-bond acceptors (Lipinski definition) is 6. The average Bonchev–Trinajstić information content (AvgIpc) is 3.44. The van der Waals surface area contributed by atoms with Crippen molar-refractivity contribution in [2.24, 2.45) is 7.05 Å². The van der Waals surface area contributed by atoms with Gasteiger partial charge in [0.1, 0.15) is 28.7 Å². The first kappa shape index (κ1) is 22.4. The molecule has 1 aliphatic carbocycles. The molecule has 5 aromatic rings. The lowest BCUT2D eigenvalue weighted by molar-refractivity contribution is 0.0586. The summed E-state index contributed by atoms with van der Waals surface area (Å²) in [6.45, 7) is 4.63. The minimum atomic E-state index is 0.427. The fourth-order valence-electron chi connectivity index (χ4n) is 6.05. The molecular weight excluding hydrogens is 460 g/mol. The van der Waals surface area contributed by atoms with Crippen molar-refractivity contribution in [2.75, 3.05) is 39.0 Å². The maximum atomic E-state index is 6.44. The molecule has 0 radical (unpaired) electrons. The second-order valence-corrected chi connectivity index (χ2v) is 10.6. The highest BCUT2D eigenvalue weighted by atomic mass is 15.3. The molecule has 3 aromatic heterocycles. The van der Waals surface area contributed by atoms with E-state index in [1.807, 2.05) is 24.4 Å². The van der Waals surface area contributed by atoms with Crippen LogP contribution in [-0.4, -0.2) is 73.0 Å². The molecule has 188 valence electrons. The van der Waals surface area contributed by atoms with Crippen LogP contribution in [0.15, 0.2) is 60.9 Å². The van der Waals surface area contributed by atoms with Gasteiger partial charge in [0, 0.05) is 68.7 Å². The van der Waals surface area contributed by atoms with Gasteiger partial charge >= 0.3 is 0 Å². The molecular formula is C29H32N8. The topological polar surface area (TPSA) is 80.5 Å². The number of fused-ring (bicyclic) bond motifs is 2. The summed E-state index contributed by atoms with van der Waals surface area (Å²) in [5.74, 6) is 2.98. The van der Waals surface area contributed by atoms with Crippen molar-refractivity contribution in [3.05, 3.63) is 66.7 Å². The van der Waals surface area contributed by atoms with Crippen molar-refractivity contribution in [1.82, 2.24) is 33.7 Å². The number of benzene rings is 2. The van der Waals surface area contributed by atoms with Gasteiger partial charge in [-0.15, -0.1) is 0 Å². The first-order valence-corrected chi connectivity index (χ1v) is 13.1. The smallest absolute Gasteiger partial charge is 0.150 e. The molecule has 0 atom stereocenters. The molecule has 0 unspecified atom stereocenters. The molecule has 1 saturated heterocycles. The Labute approximate surface area is 216 Å². The maximum Gasteiger partial charge on any atom is 0.150 e. The number of nitrogens with zero attached hydrogens (tertiary/aromatic N) is 7. The van der Waals surface area contributed by atoms with Crippen LogP contribution in [0.4, 0.5) is 5.82 Å².